The fourth-order valence-corrected chi connectivity index (χ4v) is 3.40. The molecular formula is C15H13N3OS. The summed E-state index contributed by atoms with van der Waals surface area (Å²) < 4.78 is 6.47. The Morgan fingerprint density at radius 3 is 2.85 bits per heavy atom. The number of nitrogens with zero attached hydrogens (tertiary/aromatic N) is 3. The van der Waals surface area contributed by atoms with Gasteiger partial charge in [-0.3, -0.25) is 4.98 Å². The van der Waals surface area contributed by atoms with E-state index in [1.54, 1.807) is 24.6 Å². The van der Waals surface area contributed by atoms with Crippen LogP contribution in [-0.4, -0.2) is 22.1 Å². The first-order valence-electron chi connectivity index (χ1n) is 6.61. The van der Waals surface area contributed by atoms with Gasteiger partial charge in [-0.2, -0.15) is 4.98 Å². The molecule has 0 aromatic carbocycles. The number of hydrogen-bond acceptors (Lipinski definition) is 5. The lowest BCUT2D eigenvalue weighted by atomic mass is 10.2. The van der Waals surface area contributed by atoms with Crippen molar-refractivity contribution in [3.8, 4) is 17.4 Å². The predicted molar refractivity (Wildman–Crippen MR) is 79.2 cm³/mol. The molecule has 100 valence electrons. The molecule has 5 heteroatoms. The Morgan fingerprint density at radius 2 is 2.15 bits per heavy atom. The van der Waals surface area contributed by atoms with Crippen LogP contribution in [0, 0.1) is 0 Å². The lowest BCUT2D eigenvalue weighted by molar-refractivity contribution is 0.404. The minimum absolute atomic E-state index is 0.634. The second kappa shape index (κ2) is 4.52. The maximum atomic E-state index is 5.43. The van der Waals surface area contributed by atoms with Gasteiger partial charge < -0.3 is 4.74 Å². The summed E-state index contributed by atoms with van der Waals surface area (Å²) in [6, 6.07) is 5.75. The van der Waals surface area contributed by atoms with Gasteiger partial charge in [-0.1, -0.05) is 6.07 Å². The van der Waals surface area contributed by atoms with Crippen LogP contribution < -0.4 is 4.74 Å². The quantitative estimate of drug-likeness (QED) is 0.736. The van der Waals surface area contributed by atoms with Crippen LogP contribution in [0.2, 0.25) is 0 Å². The normalized spacial score (nSPS) is 14.7. The van der Waals surface area contributed by atoms with E-state index in [1.165, 1.54) is 18.4 Å². The Balaban J connectivity index is 1.96. The average molecular weight is 283 g/mol. The van der Waals surface area contributed by atoms with E-state index in [0.717, 1.165) is 15.9 Å². The first kappa shape index (κ1) is 11.8. The third kappa shape index (κ3) is 1.86. The summed E-state index contributed by atoms with van der Waals surface area (Å²) in [5.74, 6) is 1.95. The molecule has 0 saturated heterocycles. The van der Waals surface area contributed by atoms with Crippen LogP contribution in [0.1, 0.15) is 24.3 Å². The first-order chi connectivity index (χ1) is 9.86. The highest BCUT2D eigenvalue weighted by atomic mass is 32.1. The van der Waals surface area contributed by atoms with Gasteiger partial charge in [0.1, 0.15) is 10.4 Å². The summed E-state index contributed by atoms with van der Waals surface area (Å²) in [7, 11) is 1.65. The highest BCUT2D eigenvalue weighted by molar-refractivity contribution is 7.17. The van der Waals surface area contributed by atoms with Gasteiger partial charge in [0.2, 0.25) is 5.88 Å². The highest BCUT2D eigenvalue weighted by Gasteiger charge is 2.28. The number of pyridine rings is 1. The van der Waals surface area contributed by atoms with Crippen LogP contribution in [0.5, 0.6) is 5.88 Å². The van der Waals surface area contributed by atoms with Gasteiger partial charge in [-0.25, -0.2) is 4.98 Å². The summed E-state index contributed by atoms with van der Waals surface area (Å²) in [6.45, 7) is 0. The number of rotatable bonds is 3. The second-order valence-electron chi connectivity index (χ2n) is 4.91. The van der Waals surface area contributed by atoms with Gasteiger partial charge >= 0.3 is 0 Å². The molecule has 20 heavy (non-hydrogen) atoms. The minimum atomic E-state index is 0.634. The van der Waals surface area contributed by atoms with Crippen LogP contribution in [0.4, 0.5) is 0 Å². The lowest BCUT2D eigenvalue weighted by Gasteiger charge is -2.05. The minimum Gasteiger partial charge on any atom is -0.480 e. The molecule has 0 spiro atoms. The molecule has 1 fully saturated rings. The molecule has 4 rings (SSSR count). The third-order valence-electron chi connectivity index (χ3n) is 3.52. The Hall–Kier alpha value is -2.01. The highest BCUT2D eigenvalue weighted by Crippen LogP contribution is 2.46. The maximum Gasteiger partial charge on any atom is 0.235 e. The van der Waals surface area contributed by atoms with Crippen molar-refractivity contribution in [2.75, 3.05) is 7.11 Å². The molecule has 0 N–H and O–H groups in total. The van der Waals surface area contributed by atoms with Crippen molar-refractivity contribution in [2.45, 2.75) is 18.8 Å². The van der Waals surface area contributed by atoms with Crippen LogP contribution in [0.15, 0.2) is 29.8 Å². The summed E-state index contributed by atoms with van der Waals surface area (Å²) in [5, 5.41) is 2.20. The van der Waals surface area contributed by atoms with E-state index < -0.39 is 0 Å². The Kier molecular flexibility index (Phi) is 2.67. The van der Waals surface area contributed by atoms with E-state index in [1.807, 2.05) is 18.2 Å². The molecule has 0 radical (unpaired) electrons. The van der Waals surface area contributed by atoms with Gasteiger partial charge in [0.05, 0.1) is 12.6 Å². The monoisotopic (exact) mass is 283 g/mol. The van der Waals surface area contributed by atoms with Crippen LogP contribution in [0.25, 0.3) is 21.7 Å². The van der Waals surface area contributed by atoms with Crippen molar-refractivity contribution in [1.29, 1.82) is 0 Å². The smallest absolute Gasteiger partial charge is 0.235 e. The largest absolute Gasteiger partial charge is 0.480 e. The van der Waals surface area contributed by atoms with Gasteiger partial charge in [-0.05, 0) is 41.8 Å². The van der Waals surface area contributed by atoms with Crippen molar-refractivity contribution in [3.63, 3.8) is 0 Å². The number of thiophene rings is 1. The fourth-order valence-electron chi connectivity index (χ4n) is 2.34. The zero-order valence-corrected chi connectivity index (χ0v) is 11.9. The predicted octanol–water partition coefficient (Wildman–Crippen LogP) is 3.64. The standard InChI is InChI=1S/C15H13N3OS/c1-19-15-13-12(10(8-20-13)9-5-6-9)17-14(18-15)11-4-2-3-7-16-11/h2-4,7-9H,5-6H2,1H3. The molecule has 0 unspecified atom stereocenters. The second-order valence-corrected chi connectivity index (χ2v) is 5.79. The molecule has 4 nitrogen and oxygen atoms in total. The van der Waals surface area contributed by atoms with Crippen LogP contribution >= 0.6 is 11.3 Å². The Labute approximate surface area is 120 Å². The van der Waals surface area contributed by atoms with Crippen LogP contribution in [0.3, 0.4) is 0 Å². The van der Waals surface area contributed by atoms with Gasteiger partial charge in [0, 0.05) is 6.20 Å². The van der Waals surface area contributed by atoms with Crippen LogP contribution in [-0.2, 0) is 0 Å². The fraction of sp³-hybridized carbons (Fsp3) is 0.267. The number of ether oxygens (including phenoxy) is 1. The lowest BCUT2D eigenvalue weighted by Crippen LogP contribution is -1.96. The molecule has 1 aliphatic rings. The average Bonchev–Trinajstić information content (AvgIpc) is 3.26. The molecule has 0 aliphatic heterocycles. The molecule has 0 atom stereocenters. The van der Waals surface area contributed by atoms with Crippen molar-refractivity contribution < 1.29 is 4.74 Å². The zero-order chi connectivity index (χ0) is 13.5. The maximum absolute atomic E-state index is 5.43. The molecule has 0 amide bonds. The molecule has 1 aliphatic carbocycles. The topological polar surface area (TPSA) is 47.9 Å². The molecular weight excluding hydrogens is 270 g/mol. The van der Waals surface area contributed by atoms with E-state index in [9.17, 15) is 0 Å². The summed E-state index contributed by atoms with van der Waals surface area (Å²) >= 11 is 1.67. The summed E-state index contributed by atoms with van der Waals surface area (Å²) in [4.78, 5) is 13.6. The first-order valence-corrected chi connectivity index (χ1v) is 7.49. The third-order valence-corrected chi connectivity index (χ3v) is 4.49. The van der Waals surface area contributed by atoms with E-state index in [2.05, 4.69) is 15.3 Å². The van der Waals surface area contributed by atoms with Crippen molar-refractivity contribution >= 4 is 21.6 Å². The molecule has 1 saturated carbocycles. The summed E-state index contributed by atoms with van der Waals surface area (Å²) in [5.41, 5.74) is 3.15. The Bertz CT molecular complexity index is 765. The number of aromatic nitrogens is 3. The van der Waals surface area contributed by atoms with E-state index in [-0.39, 0.29) is 0 Å². The van der Waals surface area contributed by atoms with Crippen molar-refractivity contribution in [2.24, 2.45) is 0 Å². The zero-order valence-electron chi connectivity index (χ0n) is 11.0. The Morgan fingerprint density at radius 1 is 1.25 bits per heavy atom. The summed E-state index contributed by atoms with van der Waals surface area (Å²) in [6.07, 6.45) is 4.28. The number of methoxy groups -OCH3 is 1. The van der Waals surface area contributed by atoms with Crippen molar-refractivity contribution in [3.05, 3.63) is 35.3 Å². The van der Waals surface area contributed by atoms with Gasteiger partial charge in [0.15, 0.2) is 5.82 Å². The molecule has 3 aromatic rings. The number of hydrogen-bond donors (Lipinski definition) is 0. The van der Waals surface area contributed by atoms with Crippen molar-refractivity contribution in [1.82, 2.24) is 15.0 Å². The molecule has 3 heterocycles. The van der Waals surface area contributed by atoms with Gasteiger partial charge in [-0.15, -0.1) is 11.3 Å². The van der Waals surface area contributed by atoms with Gasteiger partial charge in [0.25, 0.3) is 0 Å². The van der Waals surface area contributed by atoms with E-state index in [0.29, 0.717) is 17.6 Å². The SMILES string of the molecule is COc1nc(-c2ccccn2)nc2c(C3CC3)csc12. The van der Waals surface area contributed by atoms with E-state index in [4.69, 9.17) is 9.72 Å². The number of fused-ring (bicyclic) bond motifs is 1. The van der Waals surface area contributed by atoms with E-state index >= 15 is 0 Å². The molecule has 0 bridgehead atoms. The molecule has 3 aromatic heterocycles.